The van der Waals surface area contributed by atoms with Gasteiger partial charge in [0.15, 0.2) is 0 Å². The first-order valence-corrected chi connectivity index (χ1v) is 5.23. The van der Waals surface area contributed by atoms with E-state index in [1.165, 1.54) is 6.42 Å². The number of rotatable bonds is 1. The third kappa shape index (κ3) is 2.36. The van der Waals surface area contributed by atoms with E-state index in [1.54, 1.807) is 0 Å². The SMILES string of the molecule is CCNC(=O)N1[C@H](C)CCC[C@@H]1C. The molecule has 1 fully saturated rings. The van der Waals surface area contributed by atoms with Crippen LogP contribution < -0.4 is 5.32 Å². The summed E-state index contributed by atoms with van der Waals surface area (Å²) in [7, 11) is 0. The van der Waals surface area contributed by atoms with Crippen LogP contribution in [-0.4, -0.2) is 29.6 Å². The van der Waals surface area contributed by atoms with Crippen LogP contribution in [0.4, 0.5) is 4.79 Å². The zero-order valence-corrected chi connectivity index (χ0v) is 8.84. The summed E-state index contributed by atoms with van der Waals surface area (Å²) in [5, 5.41) is 2.86. The van der Waals surface area contributed by atoms with Crippen LogP contribution in [-0.2, 0) is 0 Å². The number of carbonyl (C=O) groups excluding carboxylic acids is 1. The molecule has 1 rings (SSSR count). The summed E-state index contributed by atoms with van der Waals surface area (Å²) >= 11 is 0. The Morgan fingerprint density at radius 2 is 1.92 bits per heavy atom. The van der Waals surface area contributed by atoms with Gasteiger partial charge in [0.25, 0.3) is 0 Å². The molecular weight excluding hydrogens is 164 g/mol. The molecule has 3 heteroatoms. The van der Waals surface area contributed by atoms with Crippen molar-refractivity contribution in [2.45, 2.75) is 52.1 Å². The van der Waals surface area contributed by atoms with Gasteiger partial charge in [-0.2, -0.15) is 0 Å². The minimum absolute atomic E-state index is 0.0993. The molecule has 0 aliphatic carbocycles. The lowest BCUT2D eigenvalue weighted by molar-refractivity contribution is 0.123. The number of hydrogen-bond acceptors (Lipinski definition) is 1. The van der Waals surface area contributed by atoms with Crippen LogP contribution in [0, 0.1) is 0 Å². The molecule has 0 aromatic rings. The van der Waals surface area contributed by atoms with E-state index < -0.39 is 0 Å². The van der Waals surface area contributed by atoms with Crippen molar-refractivity contribution in [2.75, 3.05) is 6.54 Å². The summed E-state index contributed by atoms with van der Waals surface area (Å²) in [6.45, 7) is 6.93. The summed E-state index contributed by atoms with van der Waals surface area (Å²) in [4.78, 5) is 13.6. The summed E-state index contributed by atoms with van der Waals surface area (Å²) < 4.78 is 0. The summed E-state index contributed by atoms with van der Waals surface area (Å²) in [6.07, 6.45) is 3.53. The Morgan fingerprint density at radius 3 is 2.38 bits per heavy atom. The van der Waals surface area contributed by atoms with Crippen molar-refractivity contribution in [1.82, 2.24) is 10.2 Å². The van der Waals surface area contributed by atoms with Gasteiger partial charge in [-0.25, -0.2) is 4.79 Å². The van der Waals surface area contributed by atoms with Gasteiger partial charge < -0.3 is 10.2 Å². The van der Waals surface area contributed by atoms with E-state index >= 15 is 0 Å². The monoisotopic (exact) mass is 184 g/mol. The highest BCUT2D eigenvalue weighted by atomic mass is 16.2. The lowest BCUT2D eigenvalue weighted by Gasteiger charge is -2.38. The molecular formula is C10H20N2O. The Bertz CT molecular complexity index is 172. The van der Waals surface area contributed by atoms with Gasteiger partial charge in [-0.05, 0) is 40.0 Å². The quantitative estimate of drug-likeness (QED) is 0.664. The fourth-order valence-electron chi connectivity index (χ4n) is 2.06. The zero-order chi connectivity index (χ0) is 9.84. The minimum atomic E-state index is 0.0993. The van der Waals surface area contributed by atoms with Crippen molar-refractivity contribution < 1.29 is 4.79 Å². The van der Waals surface area contributed by atoms with Crippen LogP contribution >= 0.6 is 0 Å². The number of nitrogens with zero attached hydrogens (tertiary/aromatic N) is 1. The highest BCUT2D eigenvalue weighted by Gasteiger charge is 2.28. The molecule has 0 radical (unpaired) electrons. The molecule has 1 N–H and O–H groups in total. The Balaban J connectivity index is 2.57. The molecule has 13 heavy (non-hydrogen) atoms. The average molecular weight is 184 g/mol. The van der Waals surface area contributed by atoms with Crippen molar-refractivity contribution in [3.05, 3.63) is 0 Å². The van der Waals surface area contributed by atoms with Crippen molar-refractivity contribution >= 4 is 6.03 Å². The van der Waals surface area contributed by atoms with Crippen molar-refractivity contribution in [3.8, 4) is 0 Å². The third-order valence-corrected chi connectivity index (χ3v) is 2.76. The number of piperidine rings is 1. The van der Waals surface area contributed by atoms with Gasteiger partial charge in [0, 0.05) is 18.6 Å². The number of hydrogen-bond donors (Lipinski definition) is 1. The molecule has 76 valence electrons. The van der Waals surface area contributed by atoms with Crippen molar-refractivity contribution in [2.24, 2.45) is 0 Å². The predicted octanol–water partition coefficient (Wildman–Crippen LogP) is 1.98. The van der Waals surface area contributed by atoms with Crippen LogP contribution in [0.15, 0.2) is 0 Å². The maximum absolute atomic E-state index is 11.6. The molecule has 3 nitrogen and oxygen atoms in total. The van der Waals surface area contributed by atoms with Crippen molar-refractivity contribution in [3.63, 3.8) is 0 Å². The summed E-state index contributed by atoms with van der Waals surface area (Å²) in [6, 6.07) is 0.896. The molecule has 2 atom stereocenters. The highest BCUT2D eigenvalue weighted by Crippen LogP contribution is 2.22. The van der Waals surface area contributed by atoms with Crippen LogP contribution in [0.1, 0.15) is 40.0 Å². The first kappa shape index (κ1) is 10.4. The molecule has 0 spiro atoms. The van der Waals surface area contributed by atoms with Crippen LogP contribution in [0.5, 0.6) is 0 Å². The Kier molecular flexibility index (Phi) is 3.58. The molecule has 1 aliphatic heterocycles. The van der Waals surface area contributed by atoms with Crippen molar-refractivity contribution in [1.29, 1.82) is 0 Å². The van der Waals surface area contributed by atoms with Gasteiger partial charge in [0.2, 0.25) is 0 Å². The molecule has 0 saturated carbocycles. The molecule has 0 aromatic heterocycles. The summed E-state index contributed by atoms with van der Waals surface area (Å²) in [5.41, 5.74) is 0. The molecule has 2 amide bonds. The Labute approximate surface area is 80.5 Å². The van der Waals surface area contributed by atoms with E-state index in [2.05, 4.69) is 19.2 Å². The zero-order valence-electron chi connectivity index (χ0n) is 8.84. The second-order valence-corrected chi connectivity index (χ2v) is 3.87. The molecule has 1 saturated heterocycles. The maximum atomic E-state index is 11.6. The van der Waals surface area contributed by atoms with Gasteiger partial charge in [0.05, 0.1) is 0 Å². The number of amides is 2. The van der Waals surface area contributed by atoms with E-state index in [4.69, 9.17) is 0 Å². The van der Waals surface area contributed by atoms with E-state index in [-0.39, 0.29) is 6.03 Å². The standard InChI is InChI=1S/C10H20N2O/c1-4-11-10(13)12-8(2)6-5-7-9(12)3/h8-9H,4-7H2,1-3H3,(H,11,13)/t8-,9+. The fraction of sp³-hybridized carbons (Fsp3) is 0.900. The molecule has 0 bridgehead atoms. The fourth-order valence-corrected chi connectivity index (χ4v) is 2.06. The van der Waals surface area contributed by atoms with Crippen LogP contribution in [0.3, 0.4) is 0 Å². The largest absolute Gasteiger partial charge is 0.338 e. The second-order valence-electron chi connectivity index (χ2n) is 3.87. The number of carbonyl (C=O) groups is 1. The molecule has 1 aliphatic rings. The Morgan fingerprint density at radius 1 is 1.38 bits per heavy atom. The first-order valence-electron chi connectivity index (χ1n) is 5.23. The normalized spacial score (nSPS) is 28.7. The molecule has 1 heterocycles. The lowest BCUT2D eigenvalue weighted by atomic mass is 9.98. The number of urea groups is 1. The van der Waals surface area contributed by atoms with Crippen LogP contribution in [0.2, 0.25) is 0 Å². The van der Waals surface area contributed by atoms with Gasteiger partial charge in [0.1, 0.15) is 0 Å². The van der Waals surface area contributed by atoms with E-state index in [0.29, 0.717) is 12.1 Å². The smallest absolute Gasteiger partial charge is 0.317 e. The lowest BCUT2D eigenvalue weighted by Crippen LogP contribution is -2.51. The highest BCUT2D eigenvalue weighted by molar-refractivity contribution is 5.74. The van der Waals surface area contributed by atoms with E-state index in [1.807, 2.05) is 11.8 Å². The van der Waals surface area contributed by atoms with Gasteiger partial charge in [-0.3, -0.25) is 0 Å². The number of nitrogens with one attached hydrogen (secondary N) is 1. The minimum Gasteiger partial charge on any atom is -0.338 e. The van der Waals surface area contributed by atoms with E-state index in [0.717, 1.165) is 19.4 Å². The van der Waals surface area contributed by atoms with E-state index in [9.17, 15) is 4.79 Å². The third-order valence-electron chi connectivity index (χ3n) is 2.76. The second kappa shape index (κ2) is 4.49. The first-order chi connectivity index (χ1) is 6.16. The number of likely N-dealkylation sites (tertiary alicyclic amines) is 1. The van der Waals surface area contributed by atoms with Gasteiger partial charge in [-0.15, -0.1) is 0 Å². The summed E-state index contributed by atoms with van der Waals surface area (Å²) in [5.74, 6) is 0. The average Bonchev–Trinajstić information content (AvgIpc) is 2.04. The topological polar surface area (TPSA) is 32.3 Å². The van der Waals surface area contributed by atoms with Gasteiger partial charge in [-0.1, -0.05) is 0 Å². The molecule has 0 aromatic carbocycles. The van der Waals surface area contributed by atoms with Gasteiger partial charge >= 0.3 is 6.03 Å². The van der Waals surface area contributed by atoms with Crippen LogP contribution in [0.25, 0.3) is 0 Å². The molecule has 0 unspecified atom stereocenters. The predicted molar refractivity (Wildman–Crippen MR) is 53.7 cm³/mol. The Hall–Kier alpha value is -0.730. The maximum Gasteiger partial charge on any atom is 0.317 e.